The lowest BCUT2D eigenvalue weighted by molar-refractivity contribution is -0.115. The van der Waals surface area contributed by atoms with Gasteiger partial charge in [0.15, 0.2) is 6.29 Å². The number of imide groups is 1. The van der Waals surface area contributed by atoms with E-state index in [1.807, 2.05) is 13.8 Å². The van der Waals surface area contributed by atoms with Gasteiger partial charge in [-0.25, -0.2) is 27.5 Å². The van der Waals surface area contributed by atoms with Gasteiger partial charge in [0.25, 0.3) is 11.1 Å². The number of aromatic nitrogens is 4. The highest BCUT2D eigenvalue weighted by atomic mass is 32.2. The zero-order valence-electron chi connectivity index (χ0n) is 29.6. The second-order valence-corrected chi connectivity index (χ2v) is 13.3. The minimum Gasteiger partial charge on any atom is -0.362 e. The highest BCUT2D eigenvalue weighted by Crippen LogP contribution is 2.30. The topological polar surface area (TPSA) is 139 Å². The second kappa shape index (κ2) is 17.6. The number of halogens is 4. The van der Waals surface area contributed by atoms with Crippen LogP contribution in [-0.2, 0) is 4.79 Å². The molecule has 2 unspecified atom stereocenters. The molecule has 0 radical (unpaired) electrons. The van der Waals surface area contributed by atoms with Gasteiger partial charge < -0.3 is 10.6 Å². The molecule has 10 nitrogen and oxygen atoms in total. The molecule has 2 aromatic heterocycles. The quantitative estimate of drug-likeness (QED) is 0.0701. The number of carbonyl (C=O) groups is 3. The molecular formula is C41H31F4N7O3S. The highest BCUT2D eigenvalue weighted by molar-refractivity contribution is 8.18. The fraction of sp³-hybridized carbons (Fsp3) is 0.0976. The molecule has 0 spiro atoms. The highest BCUT2D eigenvalue weighted by Gasteiger charge is 2.26. The van der Waals surface area contributed by atoms with E-state index in [1.54, 1.807) is 48.5 Å². The number of hydrogen-bond acceptors (Lipinski definition) is 10. The average molecular weight is 778 g/mol. The summed E-state index contributed by atoms with van der Waals surface area (Å²) in [4.78, 5) is 51.1. The molecule has 1 aliphatic rings. The molecule has 1 saturated heterocycles. The summed E-state index contributed by atoms with van der Waals surface area (Å²) >= 11 is 0.720. The second-order valence-electron chi connectivity index (χ2n) is 12.3. The van der Waals surface area contributed by atoms with E-state index >= 15 is 4.39 Å². The molecule has 1 fully saturated rings. The van der Waals surface area contributed by atoms with Crippen LogP contribution in [0.2, 0.25) is 0 Å². The maximum Gasteiger partial charge on any atom is 0.290 e. The molecule has 56 heavy (non-hydrogen) atoms. The van der Waals surface area contributed by atoms with Gasteiger partial charge in [-0.1, -0.05) is 42.5 Å². The van der Waals surface area contributed by atoms with E-state index in [2.05, 4.69) is 35.9 Å². The van der Waals surface area contributed by atoms with E-state index in [9.17, 15) is 27.6 Å². The Balaban J connectivity index is 0.000000194. The van der Waals surface area contributed by atoms with Crippen molar-refractivity contribution in [1.29, 1.82) is 0 Å². The van der Waals surface area contributed by atoms with Crippen molar-refractivity contribution in [2.75, 3.05) is 10.6 Å². The van der Waals surface area contributed by atoms with Gasteiger partial charge in [0.1, 0.15) is 34.9 Å². The van der Waals surface area contributed by atoms with Gasteiger partial charge in [-0.3, -0.25) is 29.7 Å². The molecule has 2 amide bonds. The molecule has 282 valence electrons. The molecule has 4 aromatic carbocycles. The summed E-state index contributed by atoms with van der Waals surface area (Å²) in [6, 6.07) is 21.1. The van der Waals surface area contributed by atoms with E-state index in [-0.39, 0.29) is 50.9 Å². The van der Waals surface area contributed by atoms with Crippen LogP contribution in [0.15, 0.2) is 115 Å². The van der Waals surface area contributed by atoms with Crippen molar-refractivity contribution in [2.45, 2.75) is 25.9 Å². The Morgan fingerprint density at radius 1 is 0.643 bits per heavy atom. The standard InChI is InChI=1S/C22H16F2N4O2S.C19H15F2N3O/c1-12(13-5-7-15(23)8-6-13)26-19-11-25-10-17(27-19)16-4-2-3-14(20(16)24)9-18-21(29)28-22(30)31-18;1-12(13-5-7-15(20)8-6-13)23-18-10-22-9-17(24-18)16-4-2-3-14(11-25)19(16)21/h2-12H,1H3,(H,26,27)(H,28,29,30);2-12H,1H3,(H,23,24)/b18-9+;. The monoisotopic (exact) mass is 777 g/mol. The molecule has 0 saturated carbocycles. The molecule has 7 rings (SSSR count). The van der Waals surface area contributed by atoms with E-state index in [4.69, 9.17) is 0 Å². The molecule has 0 bridgehead atoms. The van der Waals surface area contributed by atoms with Crippen LogP contribution in [0.3, 0.4) is 0 Å². The first-order valence-corrected chi connectivity index (χ1v) is 17.8. The third-order valence-corrected chi connectivity index (χ3v) is 9.21. The van der Waals surface area contributed by atoms with Gasteiger partial charge in [0, 0.05) is 28.8 Å². The summed E-state index contributed by atoms with van der Waals surface area (Å²) in [5.74, 6) is -1.51. The minimum absolute atomic E-state index is 0.0302. The number of anilines is 2. The van der Waals surface area contributed by atoms with Crippen LogP contribution in [-0.4, -0.2) is 37.4 Å². The predicted molar refractivity (Wildman–Crippen MR) is 206 cm³/mol. The fourth-order valence-corrected chi connectivity index (χ4v) is 6.18. The van der Waals surface area contributed by atoms with Crippen LogP contribution in [0.4, 0.5) is 34.0 Å². The maximum absolute atomic E-state index is 15.1. The van der Waals surface area contributed by atoms with Crippen LogP contribution in [0.1, 0.15) is 53.0 Å². The lowest BCUT2D eigenvalue weighted by Crippen LogP contribution is -2.17. The third-order valence-electron chi connectivity index (χ3n) is 8.40. The van der Waals surface area contributed by atoms with Crippen LogP contribution in [0, 0.1) is 23.3 Å². The van der Waals surface area contributed by atoms with E-state index < -0.39 is 22.8 Å². The summed E-state index contributed by atoms with van der Waals surface area (Å²) in [7, 11) is 0. The molecule has 2 atom stereocenters. The van der Waals surface area contributed by atoms with Gasteiger partial charge in [-0.15, -0.1) is 0 Å². The van der Waals surface area contributed by atoms with Crippen LogP contribution >= 0.6 is 11.8 Å². The summed E-state index contributed by atoms with van der Waals surface area (Å²) in [5.41, 5.74) is 2.89. The van der Waals surface area contributed by atoms with Crippen molar-refractivity contribution in [1.82, 2.24) is 25.3 Å². The number of amides is 2. The summed E-state index contributed by atoms with van der Waals surface area (Å²) in [6.07, 6.45) is 7.69. The van der Waals surface area contributed by atoms with Crippen molar-refractivity contribution in [3.8, 4) is 22.5 Å². The first kappa shape index (κ1) is 39.0. The molecular weight excluding hydrogens is 747 g/mol. The molecule has 0 aliphatic carbocycles. The SMILES string of the molecule is CC(Nc1cncc(-c2cccc(/C=C3/SC(=O)NC3=O)c2F)n1)c1ccc(F)cc1.CC(Nc1cncc(-c2cccc(C=O)c2F)n1)c1ccc(F)cc1. The Bertz CT molecular complexity index is 2430. The molecule has 1 aliphatic heterocycles. The zero-order chi connectivity index (χ0) is 39.8. The number of nitrogens with zero attached hydrogens (tertiary/aromatic N) is 4. The van der Waals surface area contributed by atoms with Crippen LogP contribution in [0.5, 0.6) is 0 Å². The average Bonchev–Trinajstić information content (AvgIpc) is 3.52. The van der Waals surface area contributed by atoms with Gasteiger partial charge >= 0.3 is 0 Å². The number of aldehydes is 1. The Morgan fingerprint density at radius 3 is 1.55 bits per heavy atom. The Hall–Kier alpha value is -6.74. The van der Waals surface area contributed by atoms with Gasteiger partial charge in [-0.05, 0) is 85.3 Å². The zero-order valence-corrected chi connectivity index (χ0v) is 30.5. The van der Waals surface area contributed by atoms with Crippen molar-refractivity contribution in [3.63, 3.8) is 0 Å². The predicted octanol–water partition coefficient (Wildman–Crippen LogP) is 9.33. The Labute approximate surface area is 322 Å². The number of nitrogens with one attached hydrogen (secondary N) is 3. The van der Waals surface area contributed by atoms with Crippen molar-refractivity contribution in [2.24, 2.45) is 0 Å². The van der Waals surface area contributed by atoms with Crippen LogP contribution < -0.4 is 16.0 Å². The molecule has 3 heterocycles. The summed E-state index contributed by atoms with van der Waals surface area (Å²) in [6.45, 7) is 3.79. The summed E-state index contributed by atoms with van der Waals surface area (Å²) < 4.78 is 55.6. The van der Waals surface area contributed by atoms with E-state index in [1.165, 1.54) is 67.3 Å². The van der Waals surface area contributed by atoms with Gasteiger partial charge in [0.2, 0.25) is 0 Å². The lowest BCUT2D eigenvalue weighted by Gasteiger charge is -2.15. The summed E-state index contributed by atoms with van der Waals surface area (Å²) in [5, 5.41) is 7.96. The normalized spacial score (nSPS) is 14.0. The third kappa shape index (κ3) is 9.49. The number of thioether (sulfide) groups is 1. The lowest BCUT2D eigenvalue weighted by atomic mass is 10.1. The smallest absolute Gasteiger partial charge is 0.290 e. The molecule has 3 N–H and O–H groups in total. The van der Waals surface area contributed by atoms with E-state index in [0.29, 0.717) is 29.3 Å². The largest absolute Gasteiger partial charge is 0.362 e. The van der Waals surface area contributed by atoms with E-state index in [0.717, 1.165) is 22.9 Å². The fourth-order valence-electron chi connectivity index (χ4n) is 5.50. The minimum atomic E-state index is -0.629. The van der Waals surface area contributed by atoms with Crippen molar-refractivity contribution < 1.29 is 31.9 Å². The molecule has 15 heteroatoms. The van der Waals surface area contributed by atoms with Crippen LogP contribution in [0.25, 0.3) is 28.6 Å². The van der Waals surface area contributed by atoms with Crippen molar-refractivity contribution >= 4 is 46.9 Å². The van der Waals surface area contributed by atoms with Gasteiger partial charge in [0.05, 0.1) is 46.6 Å². The molecule has 6 aromatic rings. The number of hydrogen-bond donors (Lipinski definition) is 3. The Kier molecular flexibility index (Phi) is 12.2. The first-order chi connectivity index (χ1) is 27.0. The number of rotatable bonds is 10. The van der Waals surface area contributed by atoms with Crippen molar-refractivity contribution in [3.05, 3.63) is 160 Å². The Morgan fingerprint density at radius 2 is 1.11 bits per heavy atom. The number of benzene rings is 4. The van der Waals surface area contributed by atoms with Gasteiger partial charge in [-0.2, -0.15) is 0 Å². The number of carbonyl (C=O) groups excluding carboxylic acids is 3. The maximum atomic E-state index is 15.1. The first-order valence-electron chi connectivity index (χ1n) is 16.9.